The van der Waals surface area contributed by atoms with Crippen molar-refractivity contribution in [2.45, 2.75) is 23.6 Å². The first-order valence-corrected chi connectivity index (χ1v) is 9.72. The van der Waals surface area contributed by atoms with Crippen LogP contribution in [0.1, 0.15) is 25.0 Å². The van der Waals surface area contributed by atoms with Crippen LogP contribution in [0.25, 0.3) is 12.2 Å². The monoisotopic (exact) mass is 398 g/mol. The Morgan fingerprint density at radius 2 is 1.37 bits per heavy atom. The minimum atomic E-state index is -0.398. The van der Waals surface area contributed by atoms with Crippen LogP contribution in [0.3, 0.4) is 0 Å². The lowest BCUT2D eigenvalue weighted by atomic mass is 10.1. The molecule has 5 heteroatoms. The fraction of sp³-hybridized carbons (Fsp3) is 0.0909. The maximum Gasteiger partial charge on any atom is 0.219 e. The summed E-state index contributed by atoms with van der Waals surface area (Å²) < 4.78 is 14.2. The molecular weight excluding hydrogens is 379 g/mol. The molecule has 0 spiro atoms. The van der Waals surface area contributed by atoms with Crippen LogP contribution in [0.15, 0.2) is 76.6 Å². The third kappa shape index (κ3) is 6.38. The van der Waals surface area contributed by atoms with E-state index >= 15 is 0 Å². The van der Waals surface area contributed by atoms with Gasteiger partial charge in [0.25, 0.3) is 0 Å². The van der Waals surface area contributed by atoms with E-state index in [-0.39, 0.29) is 10.2 Å². The molecule has 138 valence electrons. The van der Waals surface area contributed by atoms with Crippen molar-refractivity contribution in [3.05, 3.63) is 83.7 Å². The second kappa shape index (κ2) is 9.53. The molecule has 0 heterocycles. The topological polar surface area (TPSA) is 34.1 Å². The maximum atomic E-state index is 14.2. The largest absolute Gasteiger partial charge is 0.282 e. The van der Waals surface area contributed by atoms with Gasteiger partial charge < -0.3 is 0 Å². The quantitative estimate of drug-likeness (QED) is 0.321. The summed E-state index contributed by atoms with van der Waals surface area (Å²) in [5, 5.41) is -0.246. The Balaban J connectivity index is 2.07. The number of benzene rings is 2. The third-order valence-corrected chi connectivity index (χ3v) is 5.49. The van der Waals surface area contributed by atoms with Gasteiger partial charge in [-0.3, -0.25) is 9.59 Å². The van der Waals surface area contributed by atoms with Gasteiger partial charge in [0.15, 0.2) is 0 Å². The molecule has 0 radical (unpaired) electrons. The van der Waals surface area contributed by atoms with Gasteiger partial charge in [0.1, 0.15) is 5.82 Å². The number of halogens is 1. The first-order valence-electron chi connectivity index (χ1n) is 8.09. The highest BCUT2D eigenvalue weighted by atomic mass is 32.2. The van der Waals surface area contributed by atoms with Crippen LogP contribution in [0.2, 0.25) is 0 Å². The summed E-state index contributed by atoms with van der Waals surface area (Å²) in [6.45, 7) is 10.5. The lowest BCUT2D eigenvalue weighted by Gasteiger charge is -2.03. The van der Waals surface area contributed by atoms with E-state index in [0.29, 0.717) is 21.6 Å². The molecule has 0 fully saturated rings. The van der Waals surface area contributed by atoms with E-state index < -0.39 is 5.82 Å². The number of rotatable bonds is 6. The van der Waals surface area contributed by atoms with Gasteiger partial charge >= 0.3 is 0 Å². The van der Waals surface area contributed by atoms with E-state index in [0.717, 1.165) is 34.0 Å². The Morgan fingerprint density at radius 3 is 1.89 bits per heavy atom. The van der Waals surface area contributed by atoms with Crippen LogP contribution in [0.5, 0.6) is 0 Å². The highest BCUT2D eigenvalue weighted by Crippen LogP contribution is 2.25. The minimum absolute atomic E-state index is 0.0662. The van der Waals surface area contributed by atoms with Crippen LogP contribution >= 0.6 is 23.5 Å². The van der Waals surface area contributed by atoms with E-state index in [1.165, 1.54) is 6.07 Å². The average Bonchev–Trinajstić information content (AvgIpc) is 2.62. The SMILES string of the molecule is C=C(C)C(=O)Sc1ccc(C=Cc2ccc(SC(=O)C(=C)C)cc2F)cc1. The van der Waals surface area contributed by atoms with Crippen molar-refractivity contribution >= 4 is 45.9 Å². The Hall–Kier alpha value is -2.37. The van der Waals surface area contributed by atoms with E-state index in [2.05, 4.69) is 13.2 Å². The number of thioether (sulfide) groups is 2. The third-order valence-electron chi connectivity index (χ3n) is 3.43. The molecule has 2 rings (SSSR count). The van der Waals surface area contributed by atoms with Crippen molar-refractivity contribution in [1.29, 1.82) is 0 Å². The zero-order valence-corrected chi connectivity index (χ0v) is 16.8. The van der Waals surface area contributed by atoms with Gasteiger partial charge in [0.2, 0.25) is 10.2 Å². The fourth-order valence-electron chi connectivity index (χ4n) is 1.93. The van der Waals surface area contributed by atoms with E-state index in [4.69, 9.17) is 0 Å². The predicted octanol–water partition coefficient (Wildman–Crippen LogP) is 6.39. The summed E-state index contributed by atoms with van der Waals surface area (Å²) in [6.07, 6.45) is 3.46. The number of carbonyl (C=O) groups excluding carboxylic acids is 2. The normalized spacial score (nSPS) is 10.8. The number of carbonyl (C=O) groups is 2. The molecule has 0 aliphatic heterocycles. The van der Waals surface area contributed by atoms with Gasteiger partial charge in [-0.15, -0.1) is 0 Å². The van der Waals surface area contributed by atoms with Gasteiger partial charge in [0.05, 0.1) is 0 Å². The minimum Gasteiger partial charge on any atom is -0.282 e. The smallest absolute Gasteiger partial charge is 0.219 e. The molecule has 0 aliphatic carbocycles. The summed E-state index contributed by atoms with van der Waals surface area (Å²) >= 11 is 2.09. The van der Waals surface area contributed by atoms with Gasteiger partial charge in [-0.25, -0.2) is 4.39 Å². The molecule has 2 aromatic carbocycles. The average molecular weight is 399 g/mol. The van der Waals surface area contributed by atoms with Crippen molar-refractivity contribution < 1.29 is 14.0 Å². The lowest BCUT2D eigenvalue weighted by Crippen LogP contribution is -1.92. The summed E-state index contributed by atoms with van der Waals surface area (Å²) in [6, 6.07) is 12.1. The van der Waals surface area contributed by atoms with Crippen molar-refractivity contribution in [1.82, 2.24) is 0 Å². The first-order chi connectivity index (χ1) is 12.8. The Morgan fingerprint density at radius 1 is 0.852 bits per heavy atom. The second-order valence-electron chi connectivity index (χ2n) is 5.93. The van der Waals surface area contributed by atoms with Crippen LogP contribution < -0.4 is 0 Å². The fourth-order valence-corrected chi connectivity index (χ4v) is 3.28. The molecule has 0 saturated carbocycles. The highest BCUT2D eigenvalue weighted by Gasteiger charge is 2.08. The van der Waals surface area contributed by atoms with Gasteiger partial charge in [-0.05, 0) is 78.3 Å². The molecule has 0 aromatic heterocycles. The zero-order chi connectivity index (χ0) is 20.0. The van der Waals surface area contributed by atoms with E-state index in [1.54, 1.807) is 38.1 Å². The number of hydrogen-bond donors (Lipinski definition) is 0. The van der Waals surface area contributed by atoms with Crippen LogP contribution in [0.4, 0.5) is 4.39 Å². The Bertz CT molecular complexity index is 928. The molecule has 0 amide bonds. The summed E-state index contributed by atoms with van der Waals surface area (Å²) in [5.74, 6) is -0.398. The molecule has 0 N–H and O–H groups in total. The summed E-state index contributed by atoms with van der Waals surface area (Å²) in [7, 11) is 0. The molecule has 0 bridgehead atoms. The Kier molecular flexibility index (Phi) is 7.39. The Labute approximate surface area is 167 Å². The van der Waals surface area contributed by atoms with Crippen LogP contribution in [0, 0.1) is 5.82 Å². The molecule has 0 saturated heterocycles. The van der Waals surface area contributed by atoms with Gasteiger partial charge in [0, 0.05) is 15.4 Å². The van der Waals surface area contributed by atoms with E-state index in [9.17, 15) is 14.0 Å². The van der Waals surface area contributed by atoms with Crippen molar-refractivity contribution in [3.63, 3.8) is 0 Å². The van der Waals surface area contributed by atoms with Gasteiger partial charge in [-0.1, -0.05) is 43.5 Å². The first kappa shape index (κ1) is 20.9. The molecule has 27 heavy (non-hydrogen) atoms. The van der Waals surface area contributed by atoms with Crippen molar-refractivity contribution in [2.75, 3.05) is 0 Å². The predicted molar refractivity (Wildman–Crippen MR) is 113 cm³/mol. The lowest BCUT2D eigenvalue weighted by molar-refractivity contribution is -0.108. The van der Waals surface area contributed by atoms with Crippen molar-refractivity contribution in [2.24, 2.45) is 0 Å². The van der Waals surface area contributed by atoms with Crippen LogP contribution in [-0.4, -0.2) is 10.2 Å². The van der Waals surface area contributed by atoms with Crippen molar-refractivity contribution in [3.8, 4) is 0 Å². The zero-order valence-electron chi connectivity index (χ0n) is 15.1. The summed E-state index contributed by atoms with van der Waals surface area (Å²) in [5.41, 5.74) is 2.25. The molecule has 2 aromatic rings. The summed E-state index contributed by atoms with van der Waals surface area (Å²) in [4.78, 5) is 24.7. The van der Waals surface area contributed by atoms with Gasteiger partial charge in [-0.2, -0.15) is 0 Å². The maximum absolute atomic E-state index is 14.2. The highest BCUT2D eigenvalue weighted by molar-refractivity contribution is 8.14. The molecule has 0 unspecified atom stereocenters. The van der Waals surface area contributed by atoms with Crippen LogP contribution in [-0.2, 0) is 9.59 Å². The molecule has 0 aliphatic rings. The number of hydrogen-bond acceptors (Lipinski definition) is 4. The molecule has 2 nitrogen and oxygen atoms in total. The van der Waals surface area contributed by atoms with E-state index in [1.807, 2.05) is 24.3 Å². The molecule has 0 atom stereocenters. The second-order valence-corrected chi connectivity index (χ2v) is 8.02. The molecular formula is C22H19FO2S2. The standard InChI is InChI=1S/C22H19FO2S2/c1-14(2)21(24)26-18-10-6-16(7-11-18)5-8-17-9-12-19(13-20(17)23)27-22(25)15(3)4/h5-13H,1,3H2,2,4H3.